The van der Waals surface area contributed by atoms with Crippen molar-refractivity contribution in [2.45, 2.75) is 0 Å². The lowest BCUT2D eigenvalue weighted by molar-refractivity contribution is 0.393. The quantitative estimate of drug-likeness (QED) is 0.516. The normalized spacial score (nSPS) is 8.00. The van der Waals surface area contributed by atoms with Crippen molar-refractivity contribution in [3.05, 3.63) is 68.6 Å². The summed E-state index contributed by atoms with van der Waals surface area (Å²) < 4.78 is 13.0. The van der Waals surface area contributed by atoms with E-state index in [1.165, 1.54) is 31.4 Å². The third kappa shape index (κ3) is 9.96. The summed E-state index contributed by atoms with van der Waals surface area (Å²) in [6.45, 7) is 0. The van der Waals surface area contributed by atoms with Crippen molar-refractivity contribution in [3.63, 3.8) is 0 Å². The minimum atomic E-state index is 1.38. The van der Waals surface area contributed by atoms with Crippen LogP contribution in [0.4, 0.5) is 0 Å². The molecule has 0 amide bonds. The molecule has 20 heavy (non-hydrogen) atoms. The molecule has 0 fully saturated rings. The molecular formula is C11H12N6O3. The van der Waals surface area contributed by atoms with Gasteiger partial charge in [0.25, 0.3) is 0 Å². The monoisotopic (exact) mass is 276 g/mol. The molecule has 0 saturated carbocycles. The lowest BCUT2D eigenvalue weighted by Crippen LogP contribution is -1.53. The Balaban J connectivity index is 0.000000133. The lowest BCUT2D eigenvalue weighted by Gasteiger charge is -1.48. The number of hydrogen-bond donors (Lipinski definition) is 1. The first-order valence-electron chi connectivity index (χ1n) is 5.30. The van der Waals surface area contributed by atoms with Crippen LogP contribution in [0.25, 0.3) is 0 Å². The fourth-order valence-corrected chi connectivity index (χ4v) is 0.703. The van der Waals surface area contributed by atoms with E-state index >= 15 is 0 Å². The van der Waals surface area contributed by atoms with Gasteiger partial charge >= 0.3 is 0 Å². The smallest absolute Gasteiger partial charge is 0.180 e. The average Bonchev–Trinajstić information content (AvgIpc) is 3.40. The van der Waals surface area contributed by atoms with E-state index in [0.29, 0.717) is 0 Å². The third-order valence-electron chi connectivity index (χ3n) is 1.38. The van der Waals surface area contributed by atoms with Crippen molar-refractivity contribution in [2.24, 2.45) is 0 Å². The number of nitrogens with one attached hydrogen (secondary N) is 1. The number of imidazole rings is 1. The minimum Gasteiger partial charge on any atom is -0.452 e. The van der Waals surface area contributed by atoms with Crippen molar-refractivity contribution in [3.8, 4) is 0 Å². The van der Waals surface area contributed by atoms with Gasteiger partial charge in [-0.05, 0) is 6.07 Å². The first-order valence-corrected chi connectivity index (χ1v) is 5.30. The van der Waals surface area contributed by atoms with Crippen LogP contribution >= 0.6 is 0 Å². The summed E-state index contributed by atoms with van der Waals surface area (Å²) in [6, 6.07) is 1.72. The highest BCUT2D eigenvalue weighted by Gasteiger charge is 1.62. The molecule has 0 aliphatic rings. The molecule has 4 aromatic heterocycles. The second-order valence-electron chi connectivity index (χ2n) is 2.71. The molecule has 4 rings (SSSR count). The van der Waals surface area contributed by atoms with Crippen LogP contribution in [0, 0.1) is 0 Å². The highest BCUT2D eigenvalue weighted by molar-refractivity contribution is 4.67. The second-order valence-corrected chi connectivity index (χ2v) is 2.71. The zero-order valence-electron chi connectivity index (χ0n) is 10.3. The van der Waals surface area contributed by atoms with E-state index in [2.05, 4.69) is 43.9 Å². The highest BCUT2D eigenvalue weighted by Crippen LogP contribution is 1.72. The summed E-state index contributed by atoms with van der Waals surface area (Å²) in [5, 5.41) is 9.75. The molecule has 0 aliphatic heterocycles. The maximum Gasteiger partial charge on any atom is 0.180 e. The molecule has 0 atom stereocenters. The van der Waals surface area contributed by atoms with Gasteiger partial charge in [0.15, 0.2) is 6.39 Å². The number of aromatic amines is 1. The zero-order chi connectivity index (χ0) is 14.1. The summed E-state index contributed by atoms with van der Waals surface area (Å²) >= 11 is 0. The molecule has 0 aliphatic carbocycles. The van der Waals surface area contributed by atoms with Crippen LogP contribution in [0.3, 0.4) is 0 Å². The van der Waals surface area contributed by atoms with Gasteiger partial charge in [-0.1, -0.05) is 5.16 Å². The van der Waals surface area contributed by atoms with Gasteiger partial charge < -0.3 is 18.4 Å². The molecule has 1 N–H and O–H groups in total. The summed E-state index contributed by atoms with van der Waals surface area (Å²) in [7, 11) is 0. The Hall–Kier alpha value is -3.23. The first kappa shape index (κ1) is 14.8. The topological polar surface area (TPSA) is 120 Å². The maximum absolute atomic E-state index is 4.47. The summed E-state index contributed by atoms with van der Waals surface area (Å²) in [4.78, 5) is 9.97. The molecule has 9 heteroatoms. The molecule has 4 aromatic rings. The van der Waals surface area contributed by atoms with Gasteiger partial charge in [0.05, 0.1) is 24.9 Å². The van der Waals surface area contributed by atoms with Gasteiger partial charge in [0.1, 0.15) is 18.8 Å². The SMILES string of the molecule is c1c[nH]cn1.c1cnoc1.c1cocn1.c1conn1. The molecule has 0 unspecified atom stereocenters. The zero-order valence-corrected chi connectivity index (χ0v) is 10.3. The van der Waals surface area contributed by atoms with E-state index in [9.17, 15) is 0 Å². The Labute approximate surface area is 113 Å². The fourth-order valence-electron chi connectivity index (χ4n) is 0.703. The van der Waals surface area contributed by atoms with Crippen LogP contribution < -0.4 is 0 Å². The van der Waals surface area contributed by atoms with Gasteiger partial charge in [-0.25, -0.2) is 9.97 Å². The van der Waals surface area contributed by atoms with Gasteiger partial charge in [0, 0.05) is 17.7 Å². The number of H-pyrrole nitrogens is 1. The number of rotatable bonds is 0. The Kier molecular flexibility index (Phi) is 9.07. The molecule has 0 aromatic carbocycles. The highest BCUT2D eigenvalue weighted by atomic mass is 16.5. The summed E-state index contributed by atoms with van der Waals surface area (Å²) in [5.41, 5.74) is 0. The number of nitrogens with zero attached hydrogens (tertiary/aromatic N) is 5. The van der Waals surface area contributed by atoms with E-state index in [1.807, 2.05) is 0 Å². The average molecular weight is 276 g/mol. The Morgan fingerprint density at radius 2 is 1.85 bits per heavy atom. The van der Waals surface area contributed by atoms with Crippen LogP contribution in [0.15, 0.2) is 82.0 Å². The van der Waals surface area contributed by atoms with Crippen molar-refractivity contribution in [2.75, 3.05) is 0 Å². The van der Waals surface area contributed by atoms with E-state index < -0.39 is 0 Å². The molecule has 0 radical (unpaired) electrons. The van der Waals surface area contributed by atoms with Gasteiger partial charge in [-0.15, -0.1) is 5.10 Å². The van der Waals surface area contributed by atoms with Crippen molar-refractivity contribution >= 4 is 0 Å². The van der Waals surface area contributed by atoms with Crippen molar-refractivity contribution in [1.82, 2.24) is 30.5 Å². The molecule has 4 heterocycles. The van der Waals surface area contributed by atoms with Crippen LogP contribution in [-0.2, 0) is 0 Å². The Morgan fingerprint density at radius 1 is 0.850 bits per heavy atom. The summed E-state index contributed by atoms with van der Waals surface area (Å²) in [6.07, 6.45) is 15.5. The maximum atomic E-state index is 4.47. The van der Waals surface area contributed by atoms with Crippen LogP contribution in [0.1, 0.15) is 0 Å². The largest absolute Gasteiger partial charge is 0.452 e. The van der Waals surface area contributed by atoms with E-state index in [-0.39, 0.29) is 0 Å². The van der Waals surface area contributed by atoms with Gasteiger partial charge in [-0.3, -0.25) is 0 Å². The van der Waals surface area contributed by atoms with Crippen LogP contribution in [0.2, 0.25) is 0 Å². The molecule has 0 spiro atoms. The fraction of sp³-hybridized carbons (Fsp3) is 0. The molecule has 9 nitrogen and oxygen atoms in total. The van der Waals surface area contributed by atoms with Crippen molar-refractivity contribution in [1.29, 1.82) is 0 Å². The number of hydrogen-bond acceptors (Lipinski definition) is 8. The predicted octanol–water partition coefficient (Wildman–Crippen LogP) is 1.83. The number of oxazole rings is 1. The molecule has 0 saturated heterocycles. The molecular weight excluding hydrogens is 264 g/mol. The minimum absolute atomic E-state index is 1.38. The lowest BCUT2D eigenvalue weighted by atomic mass is 10.8. The Bertz CT molecular complexity index is 359. The first-order chi connectivity index (χ1) is 10.0. The third-order valence-corrected chi connectivity index (χ3v) is 1.38. The van der Waals surface area contributed by atoms with E-state index in [0.717, 1.165) is 0 Å². The van der Waals surface area contributed by atoms with E-state index in [1.54, 1.807) is 37.2 Å². The van der Waals surface area contributed by atoms with E-state index in [4.69, 9.17) is 0 Å². The van der Waals surface area contributed by atoms with Crippen LogP contribution in [-0.4, -0.2) is 30.5 Å². The van der Waals surface area contributed by atoms with Gasteiger partial charge in [0.2, 0.25) is 0 Å². The van der Waals surface area contributed by atoms with Crippen molar-refractivity contribution < 1.29 is 13.5 Å². The van der Waals surface area contributed by atoms with Crippen LogP contribution in [0.5, 0.6) is 0 Å². The Morgan fingerprint density at radius 3 is 2.05 bits per heavy atom. The summed E-state index contributed by atoms with van der Waals surface area (Å²) in [5.74, 6) is 0. The molecule has 0 bridgehead atoms. The predicted molar refractivity (Wildman–Crippen MR) is 65.9 cm³/mol. The number of aromatic nitrogens is 6. The molecule has 104 valence electrons. The second kappa shape index (κ2) is 12.2. The van der Waals surface area contributed by atoms with Gasteiger partial charge in [-0.2, -0.15) is 0 Å². The standard InChI is InChI=1S/C3H4N2.2C3H3NO.C2H2N2O/c2*1-2-5-3-4-1;1-2-4-5-3-1;1-2-5-4-3-1/h1-3H,(H,4,5);2*1-3H;1-2H.